The molecule has 2 heterocycles. The molecule has 2 aliphatic heterocycles. The molecule has 0 aliphatic carbocycles. The van der Waals surface area contributed by atoms with Gasteiger partial charge in [-0.1, -0.05) is 138 Å². The van der Waals surface area contributed by atoms with Gasteiger partial charge in [0.15, 0.2) is 0 Å². The van der Waals surface area contributed by atoms with Crippen LogP contribution in [0.3, 0.4) is 0 Å². The second-order valence-corrected chi connectivity index (χ2v) is 21.9. The maximum atomic E-state index is 8.43. The molecule has 14 heteroatoms. The maximum absolute atomic E-state index is 8.43. The Labute approximate surface area is 283 Å². The molecule has 2 aromatic carbocycles. The predicted molar refractivity (Wildman–Crippen MR) is 195 cm³/mol. The van der Waals surface area contributed by atoms with Gasteiger partial charge in [0, 0.05) is 37.5 Å². The predicted octanol–water partition coefficient (Wildman–Crippen LogP) is 9.49. The summed E-state index contributed by atoms with van der Waals surface area (Å²) in [6.07, 6.45) is 0. The SMILES string of the molecule is C.C.CC(C)(CO)CO.CC1(C)COP(c2ccccc2P2OCC(C)(C)CO2)OC1.ClP(Cl)c1ccccc1P(Cl)Cl. The van der Waals surface area contributed by atoms with Crippen LogP contribution in [0.2, 0.25) is 0 Å². The summed E-state index contributed by atoms with van der Waals surface area (Å²) < 4.78 is 24.0. The van der Waals surface area contributed by atoms with Crippen molar-refractivity contribution in [2.24, 2.45) is 16.2 Å². The van der Waals surface area contributed by atoms with Crippen molar-refractivity contribution in [3.05, 3.63) is 48.5 Å². The molecule has 0 aromatic heterocycles. The first-order valence-electron chi connectivity index (χ1n) is 12.9. The molecule has 248 valence electrons. The van der Waals surface area contributed by atoms with Gasteiger partial charge in [0.25, 0.3) is 0 Å². The van der Waals surface area contributed by atoms with Gasteiger partial charge in [0.1, 0.15) is 13.3 Å². The maximum Gasteiger partial charge on any atom is 0.205 e. The highest BCUT2D eigenvalue weighted by molar-refractivity contribution is 8.13. The lowest BCUT2D eigenvalue weighted by Gasteiger charge is -2.37. The fraction of sp³-hybridized carbons (Fsp3) is 0.586. The molecule has 2 N–H and O–H groups in total. The summed E-state index contributed by atoms with van der Waals surface area (Å²) in [5.74, 6) is 0. The van der Waals surface area contributed by atoms with Crippen LogP contribution in [0.4, 0.5) is 0 Å². The zero-order valence-electron chi connectivity index (χ0n) is 24.2. The van der Waals surface area contributed by atoms with Gasteiger partial charge in [-0.3, -0.25) is 0 Å². The van der Waals surface area contributed by atoms with Crippen molar-refractivity contribution < 1.29 is 28.3 Å². The van der Waals surface area contributed by atoms with Gasteiger partial charge in [-0.15, -0.1) is 0 Å². The van der Waals surface area contributed by atoms with Crippen LogP contribution in [0.25, 0.3) is 0 Å². The summed E-state index contributed by atoms with van der Waals surface area (Å²) in [5, 5.41) is 20.8. The third kappa shape index (κ3) is 15.2. The summed E-state index contributed by atoms with van der Waals surface area (Å²) >= 11 is 23.1. The van der Waals surface area contributed by atoms with E-state index in [1.165, 1.54) is 0 Å². The van der Waals surface area contributed by atoms with E-state index in [2.05, 4.69) is 39.8 Å². The highest BCUT2D eigenvalue weighted by Crippen LogP contribution is 2.51. The Morgan fingerprint density at radius 2 is 0.930 bits per heavy atom. The van der Waals surface area contributed by atoms with E-state index in [1.807, 2.05) is 36.4 Å². The molecule has 2 fully saturated rings. The molecule has 6 nitrogen and oxygen atoms in total. The van der Waals surface area contributed by atoms with Gasteiger partial charge in [-0.2, -0.15) is 0 Å². The van der Waals surface area contributed by atoms with E-state index in [1.54, 1.807) is 13.8 Å². The van der Waals surface area contributed by atoms with E-state index in [0.29, 0.717) is 0 Å². The summed E-state index contributed by atoms with van der Waals surface area (Å²) in [7, 11) is -2.08. The van der Waals surface area contributed by atoms with Gasteiger partial charge in [-0.25, -0.2) is 0 Å². The lowest BCUT2D eigenvalue weighted by atomic mass is 9.97. The summed E-state index contributed by atoms with van der Waals surface area (Å²) in [6.45, 7) is 12.9. The van der Waals surface area contributed by atoms with Crippen molar-refractivity contribution in [1.29, 1.82) is 0 Å². The van der Waals surface area contributed by atoms with Gasteiger partial charge < -0.3 is 28.3 Å². The average molecular weight is 758 g/mol. The van der Waals surface area contributed by atoms with Crippen LogP contribution < -0.4 is 21.2 Å². The number of aliphatic hydroxyl groups is 2. The zero-order valence-corrected chi connectivity index (χ0v) is 30.8. The summed E-state index contributed by atoms with van der Waals surface area (Å²) in [4.78, 5) is 0. The summed E-state index contributed by atoms with van der Waals surface area (Å²) in [6, 6.07) is 15.6. The highest BCUT2D eigenvalue weighted by atomic mass is 35.9. The number of aliphatic hydroxyl groups excluding tert-OH is 2. The molecule has 0 amide bonds. The van der Waals surface area contributed by atoms with Crippen molar-refractivity contribution in [1.82, 2.24) is 0 Å². The van der Waals surface area contributed by atoms with E-state index in [4.69, 9.17) is 73.3 Å². The molecule has 2 saturated heterocycles. The Bertz CT molecular complexity index is 979. The summed E-state index contributed by atoms with van der Waals surface area (Å²) in [5.41, 5.74) is -0.137. The van der Waals surface area contributed by atoms with E-state index in [0.717, 1.165) is 47.6 Å². The third-order valence-electron chi connectivity index (χ3n) is 5.67. The molecule has 0 unspecified atom stereocenters. The van der Waals surface area contributed by atoms with Crippen molar-refractivity contribution in [3.8, 4) is 0 Å². The Hall–Kier alpha value is 1.08. The Morgan fingerprint density at radius 1 is 0.651 bits per heavy atom. The van der Waals surface area contributed by atoms with Crippen LogP contribution in [0, 0.1) is 16.2 Å². The minimum Gasteiger partial charge on any atom is -0.396 e. The van der Waals surface area contributed by atoms with Gasteiger partial charge in [-0.05, 0) is 12.1 Å². The van der Waals surface area contributed by atoms with Crippen molar-refractivity contribution in [2.75, 3.05) is 39.6 Å². The van der Waals surface area contributed by atoms with Crippen molar-refractivity contribution in [3.63, 3.8) is 0 Å². The number of rotatable bonds is 6. The van der Waals surface area contributed by atoms with E-state index in [-0.39, 0.29) is 44.3 Å². The average Bonchev–Trinajstić information content (AvgIpc) is 2.94. The molecule has 4 rings (SSSR count). The molecule has 0 bridgehead atoms. The standard InChI is InChI=1S/C16H24O4P2.C6H4Cl4P2.C5H12O2.2CH4/c1-15(2)9-17-21(18-10-15)13-7-5-6-8-14(13)22-19-11-16(3,4)12-20-22;7-11(8)5-3-1-2-4-6(5)12(9)10;1-5(2,3-6)4-7;;/h5-8H,9-12H2,1-4H3;1-4H;6-7H,3-4H2,1-2H3;2*1H4. The lowest BCUT2D eigenvalue weighted by Crippen LogP contribution is -2.36. The molecular weight excluding hydrogens is 710 g/mol. The Kier molecular flexibility index (Phi) is 21.0. The first-order valence-corrected chi connectivity index (χ1v) is 21.5. The fourth-order valence-corrected chi connectivity index (χ4v) is 10.9. The van der Waals surface area contributed by atoms with Crippen LogP contribution in [-0.2, 0) is 18.1 Å². The molecule has 0 atom stereocenters. The first kappa shape index (κ1) is 44.1. The number of hydrogen-bond acceptors (Lipinski definition) is 6. The Balaban J connectivity index is 0.000000713. The minimum absolute atomic E-state index is 0. The topological polar surface area (TPSA) is 77.4 Å². The van der Waals surface area contributed by atoms with E-state index in [9.17, 15) is 0 Å². The number of halogens is 4. The van der Waals surface area contributed by atoms with Crippen LogP contribution in [-0.4, -0.2) is 49.9 Å². The monoisotopic (exact) mass is 756 g/mol. The zero-order chi connectivity index (χ0) is 30.8. The van der Waals surface area contributed by atoms with Crippen molar-refractivity contribution >= 4 is 96.2 Å². The molecule has 2 aliphatic rings. The lowest BCUT2D eigenvalue weighted by molar-refractivity contribution is 0.0643. The Morgan fingerprint density at radius 3 is 1.16 bits per heavy atom. The molecule has 43 heavy (non-hydrogen) atoms. The second-order valence-electron chi connectivity index (χ2n) is 11.9. The fourth-order valence-electron chi connectivity index (χ4n) is 2.94. The second kappa shape index (κ2) is 20.4. The quantitative estimate of drug-likeness (QED) is 0.286. The molecule has 2 aromatic rings. The minimum atomic E-state index is -1.16. The molecule has 0 spiro atoms. The third-order valence-corrected chi connectivity index (χ3v) is 12.7. The molecule has 0 radical (unpaired) electrons. The first-order chi connectivity index (χ1) is 19.1. The van der Waals surface area contributed by atoms with Gasteiger partial charge in [0.2, 0.25) is 16.8 Å². The number of benzene rings is 2. The highest BCUT2D eigenvalue weighted by Gasteiger charge is 2.35. The largest absolute Gasteiger partial charge is 0.396 e. The van der Waals surface area contributed by atoms with Crippen LogP contribution >= 0.6 is 75.0 Å². The number of hydrogen-bond donors (Lipinski definition) is 2. The van der Waals surface area contributed by atoms with Crippen molar-refractivity contribution in [2.45, 2.75) is 56.4 Å². The van der Waals surface area contributed by atoms with Crippen LogP contribution in [0.15, 0.2) is 48.5 Å². The van der Waals surface area contributed by atoms with E-state index >= 15 is 0 Å². The van der Waals surface area contributed by atoms with Crippen LogP contribution in [0.1, 0.15) is 56.4 Å². The van der Waals surface area contributed by atoms with E-state index < -0.39 is 30.0 Å². The smallest absolute Gasteiger partial charge is 0.205 e. The van der Waals surface area contributed by atoms with Crippen LogP contribution in [0.5, 0.6) is 0 Å². The normalized spacial score (nSPS) is 18.4. The molecule has 0 saturated carbocycles. The van der Waals surface area contributed by atoms with Gasteiger partial charge in [0.05, 0.1) is 39.6 Å². The molecular formula is C29H48Cl4O6P4. The van der Waals surface area contributed by atoms with Gasteiger partial charge >= 0.3 is 0 Å².